The Balaban J connectivity index is 2.32. The summed E-state index contributed by atoms with van der Waals surface area (Å²) >= 11 is 6.30. The Kier molecular flexibility index (Phi) is 5.56. The van der Waals surface area contributed by atoms with Crippen molar-refractivity contribution < 1.29 is 4.74 Å². The van der Waals surface area contributed by atoms with Gasteiger partial charge in [0.2, 0.25) is 0 Å². The maximum atomic E-state index is 6.30. The van der Waals surface area contributed by atoms with Crippen LogP contribution in [0, 0.1) is 16.7 Å². The Morgan fingerprint density at radius 1 is 1.00 bits per heavy atom. The smallest absolute Gasteiger partial charge is 0.132 e. The first-order valence-electron chi connectivity index (χ1n) is 7.37. The van der Waals surface area contributed by atoms with Crippen molar-refractivity contribution in [2.45, 2.75) is 85.3 Å². The molecule has 1 nitrogen and oxygen atoms in total. The maximum absolute atomic E-state index is 6.30. The van der Waals surface area contributed by atoms with Crippen LogP contribution in [0.25, 0.3) is 0 Å². The SMILES string of the molecule is CC(C)(C)CC(Cl)OC1CCC(C(C)(C)C)CC1. The molecular weight excluding hydrogens is 244 g/mol. The van der Waals surface area contributed by atoms with Crippen LogP contribution >= 0.6 is 11.6 Å². The molecule has 1 saturated carbocycles. The molecule has 1 rings (SSSR count). The first kappa shape index (κ1) is 16.3. The minimum Gasteiger partial charge on any atom is -0.359 e. The molecule has 18 heavy (non-hydrogen) atoms. The zero-order valence-corrected chi connectivity index (χ0v) is 13.8. The van der Waals surface area contributed by atoms with Crippen molar-refractivity contribution in [1.29, 1.82) is 0 Å². The van der Waals surface area contributed by atoms with Crippen molar-refractivity contribution in [1.82, 2.24) is 0 Å². The first-order chi connectivity index (χ1) is 8.08. The van der Waals surface area contributed by atoms with Crippen molar-refractivity contribution in [3.05, 3.63) is 0 Å². The van der Waals surface area contributed by atoms with E-state index in [1.807, 2.05) is 0 Å². The lowest BCUT2D eigenvalue weighted by Gasteiger charge is -2.37. The van der Waals surface area contributed by atoms with Gasteiger partial charge in [-0.2, -0.15) is 0 Å². The second-order valence-electron chi connectivity index (χ2n) is 8.15. The zero-order valence-electron chi connectivity index (χ0n) is 13.1. The van der Waals surface area contributed by atoms with Crippen LogP contribution < -0.4 is 0 Å². The lowest BCUT2D eigenvalue weighted by atomic mass is 9.72. The molecule has 0 N–H and O–H groups in total. The van der Waals surface area contributed by atoms with E-state index in [2.05, 4.69) is 41.5 Å². The first-order valence-corrected chi connectivity index (χ1v) is 7.81. The van der Waals surface area contributed by atoms with E-state index in [0.29, 0.717) is 11.5 Å². The van der Waals surface area contributed by atoms with E-state index in [4.69, 9.17) is 16.3 Å². The Bertz CT molecular complexity index is 241. The van der Waals surface area contributed by atoms with Crippen LogP contribution in [0.5, 0.6) is 0 Å². The van der Waals surface area contributed by atoms with E-state index in [9.17, 15) is 0 Å². The minimum atomic E-state index is -0.124. The zero-order chi connectivity index (χ0) is 14.0. The highest BCUT2D eigenvalue weighted by molar-refractivity contribution is 6.19. The molecule has 0 amide bonds. The molecule has 1 aliphatic rings. The number of alkyl halides is 1. The average Bonchev–Trinajstić information content (AvgIpc) is 2.13. The summed E-state index contributed by atoms with van der Waals surface area (Å²) in [7, 11) is 0. The van der Waals surface area contributed by atoms with Gasteiger partial charge < -0.3 is 4.74 Å². The fourth-order valence-electron chi connectivity index (χ4n) is 2.80. The van der Waals surface area contributed by atoms with E-state index in [1.165, 1.54) is 25.7 Å². The van der Waals surface area contributed by atoms with Gasteiger partial charge >= 0.3 is 0 Å². The molecule has 1 aliphatic carbocycles. The molecule has 2 heteroatoms. The van der Waals surface area contributed by atoms with Gasteiger partial charge in [0.1, 0.15) is 5.56 Å². The van der Waals surface area contributed by atoms with Gasteiger partial charge in [-0.25, -0.2) is 0 Å². The topological polar surface area (TPSA) is 9.23 Å². The van der Waals surface area contributed by atoms with Crippen molar-refractivity contribution in [2.24, 2.45) is 16.7 Å². The van der Waals surface area contributed by atoms with Crippen LogP contribution in [0.1, 0.15) is 73.6 Å². The summed E-state index contributed by atoms with van der Waals surface area (Å²) in [6, 6.07) is 0. The van der Waals surface area contributed by atoms with Gasteiger partial charge in [-0.05, 0) is 48.9 Å². The highest BCUT2D eigenvalue weighted by atomic mass is 35.5. The van der Waals surface area contributed by atoms with E-state index in [-0.39, 0.29) is 11.0 Å². The van der Waals surface area contributed by atoms with Crippen molar-refractivity contribution >= 4 is 11.6 Å². The molecule has 0 spiro atoms. The number of hydrogen-bond acceptors (Lipinski definition) is 1. The van der Waals surface area contributed by atoms with Crippen LogP contribution in [0.3, 0.4) is 0 Å². The third-order valence-corrected chi connectivity index (χ3v) is 4.27. The number of ether oxygens (including phenoxy) is 1. The predicted octanol–water partition coefficient (Wildman–Crippen LogP) is 5.61. The van der Waals surface area contributed by atoms with Crippen LogP contribution in [0.4, 0.5) is 0 Å². The molecule has 0 aromatic rings. The fraction of sp³-hybridized carbons (Fsp3) is 1.00. The molecule has 0 heterocycles. The van der Waals surface area contributed by atoms with Crippen LogP contribution in [0.2, 0.25) is 0 Å². The molecule has 0 radical (unpaired) electrons. The van der Waals surface area contributed by atoms with Gasteiger partial charge in [-0.3, -0.25) is 0 Å². The van der Waals surface area contributed by atoms with E-state index in [0.717, 1.165) is 12.3 Å². The Hall–Kier alpha value is 0.250. The monoisotopic (exact) mass is 274 g/mol. The van der Waals surface area contributed by atoms with Crippen molar-refractivity contribution in [3.8, 4) is 0 Å². The lowest BCUT2D eigenvalue weighted by molar-refractivity contribution is -0.0239. The summed E-state index contributed by atoms with van der Waals surface area (Å²) in [5, 5.41) is 0. The largest absolute Gasteiger partial charge is 0.359 e. The third kappa shape index (κ3) is 5.93. The lowest BCUT2D eigenvalue weighted by Crippen LogP contribution is -2.31. The second kappa shape index (κ2) is 6.13. The van der Waals surface area contributed by atoms with Gasteiger partial charge in [0, 0.05) is 0 Å². The maximum Gasteiger partial charge on any atom is 0.132 e. The minimum absolute atomic E-state index is 0.124. The van der Waals surface area contributed by atoms with Gasteiger partial charge in [-0.15, -0.1) is 0 Å². The molecule has 0 aromatic carbocycles. The molecule has 1 unspecified atom stereocenters. The van der Waals surface area contributed by atoms with Crippen LogP contribution in [-0.2, 0) is 4.74 Å². The highest BCUT2D eigenvalue weighted by Gasteiger charge is 2.31. The summed E-state index contributed by atoms with van der Waals surface area (Å²) in [4.78, 5) is 0. The molecule has 0 saturated heterocycles. The summed E-state index contributed by atoms with van der Waals surface area (Å²) < 4.78 is 5.99. The molecule has 0 bridgehead atoms. The van der Waals surface area contributed by atoms with Gasteiger partial charge in [0.05, 0.1) is 6.10 Å². The van der Waals surface area contributed by atoms with E-state index >= 15 is 0 Å². The Morgan fingerprint density at radius 3 is 1.89 bits per heavy atom. The van der Waals surface area contributed by atoms with Crippen molar-refractivity contribution in [3.63, 3.8) is 0 Å². The summed E-state index contributed by atoms with van der Waals surface area (Å²) in [6.45, 7) is 13.7. The molecule has 108 valence electrons. The van der Waals surface area contributed by atoms with Gasteiger partial charge in [0.25, 0.3) is 0 Å². The Morgan fingerprint density at radius 2 is 1.50 bits per heavy atom. The number of hydrogen-bond donors (Lipinski definition) is 0. The summed E-state index contributed by atoms with van der Waals surface area (Å²) in [6.07, 6.45) is 6.23. The molecule has 0 aromatic heterocycles. The summed E-state index contributed by atoms with van der Waals surface area (Å²) in [5.41, 5.74) is 0.562. The normalized spacial score (nSPS) is 28.2. The number of rotatable bonds is 3. The molecular formula is C16H31ClO. The van der Waals surface area contributed by atoms with E-state index in [1.54, 1.807) is 0 Å². The van der Waals surface area contributed by atoms with Gasteiger partial charge in [-0.1, -0.05) is 53.1 Å². The Labute approximate surface area is 119 Å². The van der Waals surface area contributed by atoms with Gasteiger partial charge in [0.15, 0.2) is 0 Å². The average molecular weight is 275 g/mol. The predicted molar refractivity (Wildman–Crippen MR) is 80.0 cm³/mol. The van der Waals surface area contributed by atoms with Crippen molar-refractivity contribution in [2.75, 3.05) is 0 Å². The highest BCUT2D eigenvalue weighted by Crippen LogP contribution is 2.39. The molecule has 0 aliphatic heterocycles. The van der Waals surface area contributed by atoms with Crippen LogP contribution in [-0.4, -0.2) is 11.7 Å². The molecule has 1 fully saturated rings. The standard InChI is InChI=1S/C16H31ClO/c1-15(2,3)11-14(17)18-13-9-7-12(8-10-13)16(4,5)6/h12-14H,7-11H2,1-6H3. The quantitative estimate of drug-likeness (QED) is 0.608. The fourth-order valence-corrected chi connectivity index (χ4v) is 3.41. The second-order valence-corrected chi connectivity index (χ2v) is 8.64. The number of halogens is 1. The third-order valence-electron chi connectivity index (χ3n) is 4.01. The van der Waals surface area contributed by atoms with E-state index < -0.39 is 0 Å². The summed E-state index contributed by atoms with van der Waals surface area (Å²) in [5.74, 6) is 0.841. The molecule has 1 atom stereocenters. The van der Waals surface area contributed by atoms with Crippen LogP contribution in [0.15, 0.2) is 0 Å².